The molecule has 2 heteroatoms. The van der Waals surface area contributed by atoms with E-state index in [0.717, 1.165) is 25.9 Å². The highest BCUT2D eigenvalue weighted by Crippen LogP contribution is 2.33. The Morgan fingerprint density at radius 2 is 1.93 bits per heavy atom. The molecule has 1 fully saturated rings. The van der Waals surface area contributed by atoms with Gasteiger partial charge in [0.1, 0.15) is 0 Å². The average molecular weight is 205 g/mol. The summed E-state index contributed by atoms with van der Waals surface area (Å²) in [5.74, 6) is 0. The number of anilines is 1. The molecule has 1 aliphatic rings. The van der Waals surface area contributed by atoms with Crippen molar-refractivity contribution in [3.05, 3.63) is 30.3 Å². The molecule has 0 atom stereocenters. The lowest BCUT2D eigenvalue weighted by Crippen LogP contribution is -2.48. The van der Waals surface area contributed by atoms with Crippen LogP contribution in [-0.4, -0.2) is 23.8 Å². The fraction of sp³-hybridized carbons (Fsp3) is 0.538. The zero-order valence-corrected chi connectivity index (χ0v) is 9.32. The van der Waals surface area contributed by atoms with E-state index in [1.165, 1.54) is 12.1 Å². The van der Waals surface area contributed by atoms with Gasteiger partial charge in [-0.3, -0.25) is 0 Å². The summed E-state index contributed by atoms with van der Waals surface area (Å²) in [6.45, 7) is 3.86. The molecule has 2 rings (SSSR count). The van der Waals surface area contributed by atoms with Crippen LogP contribution in [0.1, 0.15) is 26.2 Å². The van der Waals surface area contributed by atoms with Crippen molar-refractivity contribution in [2.24, 2.45) is 0 Å². The van der Waals surface area contributed by atoms with Crippen LogP contribution in [0.15, 0.2) is 30.3 Å². The maximum atomic E-state index is 10.1. The van der Waals surface area contributed by atoms with Gasteiger partial charge in [-0.2, -0.15) is 0 Å². The fourth-order valence-electron chi connectivity index (χ4n) is 2.12. The number of para-hydroxylation sites is 1. The topological polar surface area (TPSA) is 23.5 Å². The van der Waals surface area contributed by atoms with E-state index in [9.17, 15) is 5.11 Å². The molecule has 0 aromatic heterocycles. The molecule has 0 radical (unpaired) electrons. The van der Waals surface area contributed by atoms with E-state index in [0.29, 0.717) is 0 Å². The molecule has 0 spiro atoms. The third-order valence-electron chi connectivity index (χ3n) is 3.27. The maximum Gasteiger partial charge on any atom is 0.0821 e. The van der Waals surface area contributed by atoms with E-state index in [4.69, 9.17) is 0 Å². The summed E-state index contributed by atoms with van der Waals surface area (Å²) in [4.78, 5) is 2.25. The minimum atomic E-state index is -0.425. The van der Waals surface area contributed by atoms with Gasteiger partial charge in [0, 0.05) is 18.8 Å². The maximum absolute atomic E-state index is 10.1. The lowest BCUT2D eigenvalue weighted by molar-refractivity contribution is -0.0253. The molecule has 0 amide bonds. The number of hydrogen-bond acceptors (Lipinski definition) is 2. The van der Waals surface area contributed by atoms with Crippen LogP contribution in [0.25, 0.3) is 0 Å². The summed E-state index contributed by atoms with van der Waals surface area (Å²) in [6.07, 6.45) is 3.08. The number of aliphatic hydroxyl groups is 1. The van der Waals surface area contributed by atoms with E-state index in [2.05, 4.69) is 24.0 Å². The number of benzene rings is 1. The van der Waals surface area contributed by atoms with Gasteiger partial charge in [0.2, 0.25) is 0 Å². The summed E-state index contributed by atoms with van der Waals surface area (Å²) < 4.78 is 0. The van der Waals surface area contributed by atoms with Crippen LogP contribution in [0.3, 0.4) is 0 Å². The van der Waals surface area contributed by atoms with Crippen LogP contribution in [0, 0.1) is 0 Å². The summed E-state index contributed by atoms with van der Waals surface area (Å²) in [6, 6.07) is 10.3. The quantitative estimate of drug-likeness (QED) is 0.816. The molecule has 1 aromatic carbocycles. The second kappa shape index (κ2) is 4.23. The van der Waals surface area contributed by atoms with E-state index in [1.54, 1.807) is 0 Å². The minimum Gasteiger partial charge on any atom is -0.388 e. The van der Waals surface area contributed by atoms with Crippen LogP contribution < -0.4 is 4.90 Å². The highest BCUT2D eigenvalue weighted by Gasteiger charge is 2.35. The zero-order valence-electron chi connectivity index (χ0n) is 9.32. The van der Waals surface area contributed by atoms with Crippen LogP contribution in [-0.2, 0) is 0 Å². The SMILES string of the molecule is CCN(CC1(O)CCC1)c1ccccc1. The van der Waals surface area contributed by atoms with Gasteiger partial charge < -0.3 is 10.0 Å². The smallest absolute Gasteiger partial charge is 0.0821 e. The first-order chi connectivity index (χ1) is 7.23. The molecular formula is C13H19NO. The first kappa shape index (κ1) is 10.5. The second-order valence-electron chi connectivity index (χ2n) is 4.43. The monoisotopic (exact) mass is 205 g/mol. The third-order valence-corrected chi connectivity index (χ3v) is 3.27. The molecule has 1 saturated carbocycles. The summed E-state index contributed by atoms with van der Waals surface area (Å²) in [7, 11) is 0. The average Bonchev–Trinajstić information content (AvgIpc) is 2.25. The van der Waals surface area contributed by atoms with E-state index < -0.39 is 5.60 Å². The van der Waals surface area contributed by atoms with Gasteiger partial charge in [0.05, 0.1) is 5.60 Å². The Morgan fingerprint density at radius 3 is 2.40 bits per heavy atom. The van der Waals surface area contributed by atoms with Gasteiger partial charge in [0.25, 0.3) is 0 Å². The number of likely N-dealkylation sites (N-methyl/N-ethyl adjacent to an activating group) is 1. The molecule has 2 nitrogen and oxygen atoms in total. The third kappa shape index (κ3) is 2.32. The van der Waals surface area contributed by atoms with Crippen molar-refractivity contribution < 1.29 is 5.11 Å². The van der Waals surface area contributed by atoms with Crippen molar-refractivity contribution >= 4 is 5.69 Å². The van der Waals surface area contributed by atoms with E-state index >= 15 is 0 Å². The molecule has 0 saturated heterocycles. The Bertz CT molecular complexity index is 306. The predicted molar refractivity (Wildman–Crippen MR) is 63.1 cm³/mol. The Hall–Kier alpha value is -1.02. The van der Waals surface area contributed by atoms with Crippen molar-refractivity contribution in [1.82, 2.24) is 0 Å². The molecule has 0 unspecified atom stereocenters. The Kier molecular flexibility index (Phi) is 2.96. The number of nitrogens with zero attached hydrogens (tertiary/aromatic N) is 1. The molecule has 0 bridgehead atoms. The summed E-state index contributed by atoms with van der Waals surface area (Å²) >= 11 is 0. The van der Waals surface area contributed by atoms with Crippen molar-refractivity contribution in [3.63, 3.8) is 0 Å². The van der Waals surface area contributed by atoms with Gasteiger partial charge in [-0.05, 0) is 38.3 Å². The van der Waals surface area contributed by atoms with E-state index in [-0.39, 0.29) is 0 Å². The van der Waals surface area contributed by atoms with Crippen molar-refractivity contribution in [3.8, 4) is 0 Å². The highest BCUT2D eigenvalue weighted by atomic mass is 16.3. The Balaban J connectivity index is 2.04. The molecule has 1 aliphatic carbocycles. The van der Waals surface area contributed by atoms with Crippen LogP contribution >= 0.6 is 0 Å². The molecule has 0 heterocycles. The minimum absolute atomic E-state index is 0.425. The highest BCUT2D eigenvalue weighted by molar-refractivity contribution is 5.46. The Labute approximate surface area is 91.5 Å². The summed E-state index contributed by atoms with van der Waals surface area (Å²) in [5, 5.41) is 10.1. The largest absolute Gasteiger partial charge is 0.388 e. The normalized spacial score (nSPS) is 18.3. The first-order valence-electron chi connectivity index (χ1n) is 5.76. The van der Waals surface area contributed by atoms with Crippen LogP contribution in [0.5, 0.6) is 0 Å². The van der Waals surface area contributed by atoms with Crippen LogP contribution in [0.4, 0.5) is 5.69 Å². The standard InChI is InChI=1S/C13H19NO/c1-2-14(11-13(15)9-6-10-13)12-7-4-3-5-8-12/h3-5,7-8,15H,2,6,9-11H2,1H3. The molecule has 82 valence electrons. The number of hydrogen-bond donors (Lipinski definition) is 1. The first-order valence-corrected chi connectivity index (χ1v) is 5.76. The molecule has 15 heavy (non-hydrogen) atoms. The second-order valence-corrected chi connectivity index (χ2v) is 4.43. The predicted octanol–water partition coefficient (Wildman–Crippen LogP) is 2.43. The summed E-state index contributed by atoms with van der Waals surface area (Å²) in [5.41, 5.74) is 0.784. The molecular weight excluding hydrogens is 186 g/mol. The lowest BCUT2D eigenvalue weighted by atomic mass is 9.80. The van der Waals surface area contributed by atoms with Gasteiger partial charge in [0.15, 0.2) is 0 Å². The van der Waals surface area contributed by atoms with Gasteiger partial charge in [-0.25, -0.2) is 0 Å². The van der Waals surface area contributed by atoms with Crippen molar-refractivity contribution in [1.29, 1.82) is 0 Å². The molecule has 1 aromatic rings. The van der Waals surface area contributed by atoms with Crippen molar-refractivity contribution in [2.75, 3.05) is 18.0 Å². The van der Waals surface area contributed by atoms with Crippen molar-refractivity contribution in [2.45, 2.75) is 31.8 Å². The molecule has 0 aliphatic heterocycles. The Morgan fingerprint density at radius 1 is 1.27 bits per heavy atom. The van der Waals surface area contributed by atoms with Gasteiger partial charge >= 0.3 is 0 Å². The van der Waals surface area contributed by atoms with Gasteiger partial charge in [-0.15, -0.1) is 0 Å². The fourth-order valence-corrected chi connectivity index (χ4v) is 2.12. The molecule has 1 N–H and O–H groups in total. The van der Waals surface area contributed by atoms with Gasteiger partial charge in [-0.1, -0.05) is 18.2 Å². The zero-order chi connectivity index (χ0) is 10.7. The number of rotatable bonds is 4. The van der Waals surface area contributed by atoms with Crippen LogP contribution in [0.2, 0.25) is 0 Å². The lowest BCUT2D eigenvalue weighted by Gasteiger charge is -2.41. The van der Waals surface area contributed by atoms with E-state index in [1.807, 2.05) is 18.2 Å².